The largest absolute Gasteiger partial charge is 0.497 e. The van der Waals surface area contributed by atoms with E-state index in [-0.39, 0.29) is 12.2 Å². The Morgan fingerprint density at radius 1 is 1.18 bits per heavy atom. The molecule has 7 heteroatoms. The fraction of sp³-hybridized carbons (Fsp3) is 0.0952. The van der Waals surface area contributed by atoms with Crippen LogP contribution in [-0.2, 0) is 16.1 Å². The Morgan fingerprint density at radius 3 is 2.89 bits per heavy atom. The molecule has 0 aliphatic rings. The number of hydrogen-bond acceptors (Lipinski definition) is 6. The summed E-state index contributed by atoms with van der Waals surface area (Å²) in [5.74, 6) is 0.193. The quantitative estimate of drug-likeness (QED) is 0.383. The lowest BCUT2D eigenvalue weighted by Crippen LogP contribution is -2.14. The smallest absolute Gasteiger partial charge is 0.331 e. The van der Waals surface area contributed by atoms with Crippen molar-refractivity contribution in [3.05, 3.63) is 82.3 Å². The van der Waals surface area contributed by atoms with Crippen molar-refractivity contribution in [1.29, 1.82) is 0 Å². The number of benzene rings is 2. The normalized spacial score (nSPS) is 11.3. The van der Waals surface area contributed by atoms with E-state index in [9.17, 15) is 9.59 Å². The second-order valence-corrected chi connectivity index (χ2v) is 7.00. The summed E-state index contributed by atoms with van der Waals surface area (Å²) in [5, 5.41) is 0. The molecule has 2 aromatic heterocycles. The van der Waals surface area contributed by atoms with Crippen molar-refractivity contribution in [2.45, 2.75) is 6.61 Å². The molecular formula is C21H16N2O4S. The van der Waals surface area contributed by atoms with Gasteiger partial charge in [-0.1, -0.05) is 35.6 Å². The summed E-state index contributed by atoms with van der Waals surface area (Å²) in [6, 6.07) is 16.3. The van der Waals surface area contributed by atoms with E-state index in [1.807, 2.05) is 48.5 Å². The average Bonchev–Trinajstić information content (AvgIpc) is 3.09. The first-order valence-electron chi connectivity index (χ1n) is 8.53. The van der Waals surface area contributed by atoms with Crippen molar-refractivity contribution >= 4 is 38.6 Å². The predicted octanol–water partition coefficient (Wildman–Crippen LogP) is 3.67. The number of esters is 1. The molecule has 0 aliphatic heterocycles. The van der Waals surface area contributed by atoms with Crippen molar-refractivity contribution in [3.8, 4) is 5.75 Å². The lowest BCUT2D eigenvalue weighted by atomic mass is 10.2. The molecular weight excluding hydrogens is 376 g/mol. The van der Waals surface area contributed by atoms with Gasteiger partial charge >= 0.3 is 5.97 Å². The number of rotatable bonds is 5. The number of para-hydroxylation sites is 1. The Hall–Kier alpha value is -3.45. The molecule has 0 radical (unpaired) electrons. The van der Waals surface area contributed by atoms with E-state index in [1.165, 1.54) is 23.5 Å². The second kappa shape index (κ2) is 7.66. The van der Waals surface area contributed by atoms with Crippen LogP contribution in [0.2, 0.25) is 0 Å². The van der Waals surface area contributed by atoms with Crippen molar-refractivity contribution in [1.82, 2.24) is 9.38 Å². The molecule has 0 atom stereocenters. The van der Waals surface area contributed by atoms with Crippen LogP contribution >= 0.6 is 11.3 Å². The van der Waals surface area contributed by atoms with Crippen molar-refractivity contribution in [3.63, 3.8) is 0 Å². The van der Waals surface area contributed by atoms with E-state index >= 15 is 0 Å². The average molecular weight is 392 g/mol. The number of ether oxygens (including phenoxy) is 2. The predicted molar refractivity (Wildman–Crippen MR) is 109 cm³/mol. The molecule has 0 saturated carbocycles. The summed E-state index contributed by atoms with van der Waals surface area (Å²) in [5.41, 5.74) is 1.87. The van der Waals surface area contributed by atoms with Gasteiger partial charge in [-0.05, 0) is 35.9 Å². The Bertz CT molecular complexity index is 1260. The fourth-order valence-electron chi connectivity index (χ4n) is 2.80. The maximum atomic E-state index is 12.5. The van der Waals surface area contributed by atoms with Crippen LogP contribution < -0.4 is 10.3 Å². The lowest BCUT2D eigenvalue weighted by Gasteiger charge is -2.03. The molecule has 0 bridgehead atoms. The summed E-state index contributed by atoms with van der Waals surface area (Å²) < 4.78 is 12.9. The molecule has 0 amide bonds. The minimum absolute atomic E-state index is 0.0682. The van der Waals surface area contributed by atoms with Crippen molar-refractivity contribution in [2.75, 3.05) is 7.11 Å². The number of carbonyl (C=O) groups is 1. The molecule has 6 nitrogen and oxygen atoms in total. The van der Waals surface area contributed by atoms with Gasteiger partial charge in [0.05, 0.1) is 23.0 Å². The molecule has 0 unspecified atom stereocenters. The zero-order chi connectivity index (χ0) is 19.5. The Balaban J connectivity index is 1.49. The number of aromatic nitrogens is 2. The maximum Gasteiger partial charge on any atom is 0.331 e. The van der Waals surface area contributed by atoms with Gasteiger partial charge in [-0.3, -0.25) is 9.20 Å². The van der Waals surface area contributed by atoms with Crippen molar-refractivity contribution < 1.29 is 14.3 Å². The molecule has 140 valence electrons. The molecule has 4 aromatic rings. The number of fused-ring (bicyclic) bond motifs is 3. The van der Waals surface area contributed by atoms with Crippen molar-refractivity contribution in [2.24, 2.45) is 0 Å². The highest BCUT2D eigenvalue weighted by Crippen LogP contribution is 2.23. The molecule has 0 saturated heterocycles. The number of hydrogen-bond donors (Lipinski definition) is 0. The van der Waals surface area contributed by atoms with E-state index < -0.39 is 5.97 Å². The van der Waals surface area contributed by atoms with Gasteiger partial charge in [-0.15, -0.1) is 0 Å². The zero-order valence-electron chi connectivity index (χ0n) is 15.0. The highest BCUT2D eigenvalue weighted by Gasteiger charge is 2.10. The number of nitrogens with zero attached hydrogens (tertiary/aromatic N) is 2. The molecule has 0 N–H and O–H groups in total. The molecule has 0 spiro atoms. The van der Waals surface area contributed by atoms with Gasteiger partial charge in [0.25, 0.3) is 5.56 Å². The van der Waals surface area contributed by atoms with Crippen LogP contribution in [0.3, 0.4) is 0 Å². The molecule has 0 aliphatic carbocycles. The van der Waals surface area contributed by atoms with Gasteiger partial charge in [-0.2, -0.15) is 0 Å². The summed E-state index contributed by atoms with van der Waals surface area (Å²) in [6.45, 7) is -0.0682. The first-order valence-corrected chi connectivity index (χ1v) is 9.35. The summed E-state index contributed by atoms with van der Waals surface area (Å²) in [4.78, 5) is 29.5. The molecule has 2 aromatic carbocycles. The van der Waals surface area contributed by atoms with Crippen LogP contribution in [0.1, 0.15) is 11.3 Å². The topological polar surface area (TPSA) is 69.9 Å². The second-order valence-electron chi connectivity index (χ2n) is 5.99. The van der Waals surface area contributed by atoms with Gasteiger partial charge in [0.1, 0.15) is 12.4 Å². The summed E-state index contributed by atoms with van der Waals surface area (Å²) in [7, 11) is 1.58. The Kier molecular flexibility index (Phi) is 4.90. The van der Waals surface area contributed by atoms with Crippen LogP contribution in [0.15, 0.2) is 65.5 Å². The number of methoxy groups -OCH3 is 1. The number of thiazole rings is 1. The third-order valence-electron chi connectivity index (χ3n) is 4.12. The van der Waals surface area contributed by atoms with Crippen LogP contribution in [0.25, 0.3) is 21.3 Å². The molecule has 2 heterocycles. The van der Waals surface area contributed by atoms with E-state index in [4.69, 9.17) is 9.47 Å². The molecule has 28 heavy (non-hydrogen) atoms. The van der Waals surface area contributed by atoms with E-state index in [1.54, 1.807) is 17.6 Å². The van der Waals surface area contributed by atoms with E-state index in [0.717, 1.165) is 15.8 Å². The first-order chi connectivity index (χ1) is 13.6. The highest BCUT2D eigenvalue weighted by atomic mass is 32.1. The summed E-state index contributed by atoms with van der Waals surface area (Å²) in [6.07, 6.45) is 2.97. The van der Waals surface area contributed by atoms with E-state index in [0.29, 0.717) is 16.4 Å². The SMILES string of the molecule is COc1cccc(/C=C/C(=O)OCc2cc(=O)n3c(n2)sc2ccccc23)c1. The first kappa shape index (κ1) is 17.9. The van der Waals surface area contributed by atoms with Gasteiger partial charge < -0.3 is 9.47 Å². The molecule has 0 fully saturated rings. The third-order valence-corrected chi connectivity index (χ3v) is 5.14. The minimum Gasteiger partial charge on any atom is -0.497 e. The zero-order valence-corrected chi connectivity index (χ0v) is 15.8. The highest BCUT2D eigenvalue weighted by molar-refractivity contribution is 7.23. The Labute approximate surface area is 164 Å². The van der Waals surface area contributed by atoms with Gasteiger partial charge in [-0.25, -0.2) is 9.78 Å². The Morgan fingerprint density at radius 2 is 2.04 bits per heavy atom. The lowest BCUT2D eigenvalue weighted by molar-refractivity contribution is -0.139. The van der Waals surface area contributed by atoms with Gasteiger partial charge in [0.2, 0.25) is 0 Å². The van der Waals surface area contributed by atoms with Gasteiger partial charge in [0.15, 0.2) is 4.96 Å². The van der Waals surface area contributed by atoms with Crippen LogP contribution in [0.4, 0.5) is 0 Å². The summed E-state index contributed by atoms with van der Waals surface area (Å²) >= 11 is 1.42. The van der Waals surface area contributed by atoms with E-state index in [2.05, 4.69) is 4.98 Å². The monoisotopic (exact) mass is 392 g/mol. The standard InChI is InChI=1S/C21H16N2O4S/c1-26-16-6-4-5-14(11-16)9-10-20(25)27-13-15-12-19(24)23-17-7-2-3-8-18(17)28-21(23)22-15/h2-12H,13H2,1H3/b10-9+. The van der Waals surface area contributed by atoms with Crippen LogP contribution in [0, 0.1) is 0 Å². The van der Waals surface area contributed by atoms with Crippen LogP contribution in [-0.4, -0.2) is 22.5 Å². The number of carbonyl (C=O) groups excluding carboxylic acids is 1. The van der Waals surface area contributed by atoms with Crippen LogP contribution in [0.5, 0.6) is 5.75 Å². The minimum atomic E-state index is -0.513. The molecule has 4 rings (SSSR count). The van der Waals surface area contributed by atoms with Gasteiger partial charge in [0, 0.05) is 12.1 Å². The maximum absolute atomic E-state index is 12.5. The third kappa shape index (κ3) is 3.65. The fourth-order valence-corrected chi connectivity index (χ4v) is 3.85.